The maximum atomic E-state index is 6.40. The van der Waals surface area contributed by atoms with Crippen LogP contribution in [0.4, 0.5) is 0 Å². The number of fused-ring (bicyclic) bond motifs is 1. The van der Waals surface area contributed by atoms with Crippen LogP contribution in [0.5, 0.6) is 0 Å². The van der Waals surface area contributed by atoms with Gasteiger partial charge in [0.1, 0.15) is 0 Å². The summed E-state index contributed by atoms with van der Waals surface area (Å²) in [5.41, 5.74) is 10.7. The van der Waals surface area contributed by atoms with Crippen LogP contribution in [0.2, 0.25) is 0 Å². The van der Waals surface area contributed by atoms with Crippen molar-refractivity contribution in [1.29, 1.82) is 0 Å². The van der Waals surface area contributed by atoms with Crippen LogP contribution in [0.3, 0.4) is 0 Å². The summed E-state index contributed by atoms with van der Waals surface area (Å²) >= 11 is 0. The molecule has 1 aliphatic carbocycles. The van der Waals surface area contributed by atoms with Gasteiger partial charge in [0.25, 0.3) is 5.89 Å². The number of benzene rings is 1. The van der Waals surface area contributed by atoms with Crippen molar-refractivity contribution in [2.45, 2.75) is 51.6 Å². The van der Waals surface area contributed by atoms with Crippen molar-refractivity contribution < 1.29 is 4.52 Å². The fourth-order valence-electron chi connectivity index (χ4n) is 3.89. The van der Waals surface area contributed by atoms with Crippen LogP contribution in [0.1, 0.15) is 50.5 Å². The summed E-state index contributed by atoms with van der Waals surface area (Å²) in [6.07, 6.45) is 4.69. The van der Waals surface area contributed by atoms with Gasteiger partial charge in [0.15, 0.2) is 11.5 Å². The topological polar surface area (TPSA) is 95.6 Å². The second kappa shape index (κ2) is 6.49. The molecule has 5 rings (SSSR count). The Bertz CT molecular complexity index is 1200. The normalized spacial score (nSPS) is 15.8. The molecule has 0 saturated heterocycles. The Morgan fingerprint density at radius 1 is 1.14 bits per heavy atom. The number of hydrogen-bond acceptors (Lipinski definition) is 6. The third-order valence-electron chi connectivity index (χ3n) is 5.82. The van der Waals surface area contributed by atoms with E-state index in [1.807, 2.05) is 29.1 Å². The summed E-state index contributed by atoms with van der Waals surface area (Å²) in [6, 6.07) is 10.4. The molecule has 0 unspecified atom stereocenters. The third kappa shape index (κ3) is 2.84. The van der Waals surface area contributed by atoms with Gasteiger partial charge in [-0.2, -0.15) is 10.1 Å². The summed E-state index contributed by atoms with van der Waals surface area (Å²) in [6.45, 7) is 6.27. The molecule has 3 aromatic heterocycles. The molecule has 148 valence electrons. The number of nitrogens with zero attached hydrogens (tertiary/aromatic N) is 5. The fraction of sp³-hybridized carbons (Fsp3) is 0.364. The van der Waals surface area contributed by atoms with E-state index in [0.29, 0.717) is 11.7 Å². The molecule has 0 spiro atoms. The Hall–Kier alpha value is -3.06. The van der Waals surface area contributed by atoms with Gasteiger partial charge in [-0.3, -0.25) is 0 Å². The molecule has 2 N–H and O–H groups in total. The maximum absolute atomic E-state index is 6.40. The van der Waals surface area contributed by atoms with Gasteiger partial charge < -0.3 is 10.3 Å². The minimum Gasteiger partial charge on any atom is -0.334 e. The van der Waals surface area contributed by atoms with Gasteiger partial charge in [-0.1, -0.05) is 29.4 Å². The summed E-state index contributed by atoms with van der Waals surface area (Å²) < 4.78 is 7.59. The van der Waals surface area contributed by atoms with Crippen LogP contribution < -0.4 is 5.73 Å². The summed E-state index contributed by atoms with van der Waals surface area (Å²) in [5, 5.41) is 9.65. The van der Waals surface area contributed by atoms with Gasteiger partial charge in [-0.05, 0) is 51.7 Å². The number of rotatable bonds is 4. The Labute approximate surface area is 168 Å². The van der Waals surface area contributed by atoms with Crippen molar-refractivity contribution in [2.75, 3.05) is 0 Å². The van der Waals surface area contributed by atoms with Crippen LogP contribution >= 0.6 is 0 Å². The van der Waals surface area contributed by atoms with Gasteiger partial charge in [0.2, 0.25) is 0 Å². The highest BCUT2D eigenvalue weighted by Gasteiger charge is 2.39. The molecular formula is C22H24N6O. The minimum absolute atomic E-state index is 0.181. The predicted molar refractivity (Wildman–Crippen MR) is 111 cm³/mol. The molecule has 1 aliphatic rings. The van der Waals surface area contributed by atoms with E-state index in [2.05, 4.69) is 48.1 Å². The Morgan fingerprint density at radius 3 is 2.62 bits per heavy atom. The standard InChI is InChI=1S/C22H24N6O/c1-13(2)28-19-17(12-24-28)16(11-18(25-19)15-8-5-4-7-14(15)3)20-26-21(27-29-20)22(23)9-6-10-22/h4-5,7-8,11-13H,6,9-10,23H2,1-3H3. The Morgan fingerprint density at radius 2 is 1.93 bits per heavy atom. The van der Waals surface area contributed by atoms with Crippen LogP contribution in [-0.4, -0.2) is 24.9 Å². The van der Waals surface area contributed by atoms with E-state index in [-0.39, 0.29) is 6.04 Å². The van der Waals surface area contributed by atoms with Crippen molar-refractivity contribution in [3.8, 4) is 22.7 Å². The Balaban J connectivity index is 1.73. The van der Waals surface area contributed by atoms with Crippen LogP contribution in [0.25, 0.3) is 33.7 Å². The zero-order valence-corrected chi connectivity index (χ0v) is 16.9. The molecular weight excluding hydrogens is 364 g/mol. The predicted octanol–water partition coefficient (Wildman–Crippen LogP) is 4.38. The first-order valence-corrected chi connectivity index (χ1v) is 10.0. The van der Waals surface area contributed by atoms with Crippen molar-refractivity contribution >= 4 is 11.0 Å². The lowest BCUT2D eigenvalue weighted by Gasteiger charge is -2.34. The van der Waals surface area contributed by atoms with Crippen molar-refractivity contribution in [3.05, 3.63) is 47.9 Å². The lowest BCUT2D eigenvalue weighted by atomic mass is 9.77. The molecule has 1 saturated carbocycles. The van der Waals surface area contributed by atoms with Crippen LogP contribution in [-0.2, 0) is 5.54 Å². The monoisotopic (exact) mass is 388 g/mol. The van der Waals surface area contributed by atoms with E-state index in [1.165, 1.54) is 0 Å². The molecule has 0 aliphatic heterocycles. The third-order valence-corrected chi connectivity index (χ3v) is 5.82. The fourth-order valence-corrected chi connectivity index (χ4v) is 3.89. The maximum Gasteiger partial charge on any atom is 0.258 e. The average molecular weight is 388 g/mol. The highest BCUT2D eigenvalue weighted by Crippen LogP contribution is 2.39. The van der Waals surface area contributed by atoms with E-state index in [4.69, 9.17) is 15.2 Å². The Kier molecular flexibility index (Phi) is 4.03. The van der Waals surface area contributed by atoms with Crippen molar-refractivity contribution in [3.63, 3.8) is 0 Å². The molecule has 0 amide bonds. The second-order valence-electron chi connectivity index (χ2n) is 8.22. The molecule has 0 radical (unpaired) electrons. The molecule has 7 nitrogen and oxygen atoms in total. The SMILES string of the molecule is Cc1ccccc1-c1cc(-c2nc(C3(N)CCC3)no2)c2cnn(C(C)C)c2n1. The zero-order valence-electron chi connectivity index (χ0n) is 16.9. The van der Waals surface area contributed by atoms with Crippen molar-refractivity contribution in [1.82, 2.24) is 24.9 Å². The largest absolute Gasteiger partial charge is 0.334 e. The highest BCUT2D eigenvalue weighted by atomic mass is 16.5. The average Bonchev–Trinajstić information content (AvgIpc) is 3.33. The number of hydrogen-bond donors (Lipinski definition) is 1. The smallest absolute Gasteiger partial charge is 0.258 e. The van der Waals surface area contributed by atoms with E-state index in [0.717, 1.165) is 52.7 Å². The van der Waals surface area contributed by atoms with E-state index < -0.39 is 5.54 Å². The minimum atomic E-state index is -0.463. The van der Waals surface area contributed by atoms with Gasteiger partial charge >= 0.3 is 0 Å². The van der Waals surface area contributed by atoms with Gasteiger partial charge in [-0.25, -0.2) is 9.67 Å². The second-order valence-corrected chi connectivity index (χ2v) is 8.22. The van der Waals surface area contributed by atoms with Crippen LogP contribution in [0.15, 0.2) is 41.1 Å². The quantitative estimate of drug-likeness (QED) is 0.557. The number of pyridine rings is 1. The number of aromatic nitrogens is 5. The lowest BCUT2D eigenvalue weighted by molar-refractivity contribution is 0.229. The lowest BCUT2D eigenvalue weighted by Crippen LogP contribution is -2.44. The summed E-state index contributed by atoms with van der Waals surface area (Å²) in [5.74, 6) is 1.04. The number of aryl methyl sites for hydroxylation is 1. The number of nitrogens with two attached hydrogens (primary N) is 1. The van der Waals surface area contributed by atoms with Gasteiger partial charge in [0.05, 0.1) is 28.4 Å². The van der Waals surface area contributed by atoms with E-state index in [1.54, 1.807) is 0 Å². The zero-order chi connectivity index (χ0) is 20.2. The molecule has 1 fully saturated rings. The van der Waals surface area contributed by atoms with E-state index in [9.17, 15) is 0 Å². The van der Waals surface area contributed by atoms with E-state index >= 15 is 0 Å². The van der Waals surface area contributed by atoms with Crippen LogP contribution in [0, 0.1) is 6.92 Å². The first-order valence-electron chi connectivity index (χ1n) is 10.0. The first-order chi connectivity index (χ1) is 14.0. The molecule has 1 aromatic carbocycles. The molecule has 4 aromatic rings. The van der Waals surface area contributed by atoms with Crippen molar-refractivity contribution in [2.24, 2.45) is 5.73 Å². The molecule has 7 heteroatoms. The van der Waals surface area contributed by atoms with Gasteiger partial charge in [0, 0.05) is 11.6 Å². The molecule has 0 atom stereocenters. The summed E-state index contributed by atoms with van der Waals surface area (Å²) in [7, 11) is 0. The molecule has 0 bridgehead atoms. The first kappa shape index (κ1) is 18.0. The molecule has 29 heavy (non-hydrogen) atoms. The highest BCUT2D eigenvalue weighted by molar-refractivity contribution is 5.93. The van der Waals surface area contributed by atoms with Gasteiger partial charge in [-0.15, -0.1) is 0 Å². The molecule has 3 heterocycles. The summed E-state index contributed by atoms with van der Waals surface area (Å²) in [4.78, 5) is 9.61.